The monoisotopic (exact) mass is 655 g/mol. The number of amides is 1. The molecular formula is C40H65NO6. The molecule has 5 fully saturated rings. The van der Waals surface area contributed by atoms with E-state index >= 15 is 0 Å². The second kappa shape index (κ2) is 12.5. The number of hydrogen-bond acceptors (Lipinski definition) is 5. The maximum atomic E-state index is 14.1. The molecule has 5 aliphatic rings. The smallest absolute Gasteiger partial charge is 0.306 e. The zero-order chi connectivity index (χ0) is 34.8. The molecule has 0 heterocycles. The second-order valence-electron chi connectivity index (χ2n) is 18.8. The number of carbonyl (C=O) groups excluding carboxylic acids is 2. The van der Waals surface area contributed by atoms with Crippen molar-refractivity contribution in [2.24, 2.45) is 62.1 Å². The average Bonchev–Trinajstić information content (AvgIpc) is 3.35. The van der Waals surface area contributed by atoms with E-state index in [0.29, 0.717) is 42.7 Å². The number of methoxy groups -OCH3 is 1. The van der Waals surface area contributed by atoms with Crippen molar-refractivity contribution in [1.82, 2.24) is 5.32 Å². The number of aliphatic carboxylic acids is 1. The Bertz CT molecular complexity index is 1260. The number of hydrogen-bond donors (Lipinski definition) is 2. The standard InChI is InChI=1S/C40H65NO6/c1-25(2)26-13-18-40(34(45)41-21-22-46-10)20-19-38(8)27(33(26)40)11-12-29-37(7)16-15-30(36(5,6)28(37)14-17-39(29,38)9)47-32(44)24-35(3,4)23-31(42)43/h26-30,33H,1,11-24H2,2-10H3,(H,41,45)(H,42,43)/t26-,27+,28-,29+,30-,33+,37-,38+,39+,40-/m0/s1. The Kier molecular flexibility index (Phi) is 9.65. The first-order valence-corrected chi connectivity index (χ1v) is 18.6. The lowest BCUT2D eigenvalue weighted by atomic mass is 9.32. The van der Waals surface area contributed by atoms with Crippen molar-refractivity contribution in [2.45, 2.75) is 139 Å². The van der Waals surface area contributed by atoms with Crippen molar-refractivity contribution in [2.75, 3.05) is 20.3 Å². The zero-order valence-electron chi connectivity index (χ0n) is 31.1. The molecule has 0 saturated heterocycles. The summed E-state index contributed by atoms with van der Waals surface area (Å²) in [6, 6.07) is 0. The summed E-state index contributed by atoms with van der Waals surface area (Å²) in [5.74, 6) is 1.33. The molecule has 0 aliphatic heterocycles. The Morgan fingerprint density at radius 1 is 0.872 bits per heavy atom. The van der Waals surface area contributed by atoms with E-state index in [2.05, 4.69) is 53.4 Å². The number of nitrogens with one attached hydrogen (secondary N) is 1. The predicted octanol–water partition coefficient (Wildman–Crippen LogP) is 8.21. The Morgan fingerprint density at radius 3 is 2.21 bits per heavy atom. The average molecular weight is 656 g/mol. The summed E-state index contributed by atoms with van der Waals surface area (Å²) in [7, 11) is 1.69. The highest BCUT2D eigenvalue weighted by Gasteiger charge is 2.72. The number of allylic oxidation sites excluding steroid dienone is 1. The van der Waals surface area contributed by atoms with Crippen molar-refractivity contribution in [3.8, 4) is 0 Å². The number of ether oxygens (including phenoxy) is 2. The highest BCUT2D eigenvalue weighted by atomic mass is 16.5. The SMILES string of the molecule is C=C(C)[C@@H]1CC[C@]2(C(=O)NCCOC)CC[C@]3(C)[C@H](CC[C@@H]4[C@@]5(C)CC[C@H](OC(=O)CC(C)(C)CC(=O)O)C(C)(C)[C@@H]5CC[C@]43C)[C@@H]12. The van der Waals surface area contributed by atoms with Crippen molar-refractivity contribution in [1.29, 1.82) is 0 Å². The Balaban J connectivity index is 1.39. The van der Waals surface area contributed by atoms with E-state index < -0.39 is 11.4 Å². The van der Waals surface area contributed by atoms with Crippen LogP contribution in [0.2, 0.25) is 0 Å². The maximum absolute atomic E-state index is 14.1. The van der Waals surface area contributed by atoms with Crippen LogP contribution in [0.5, 0.6) is 0 Å². The van der Waals surface area contributed by atoms with Crippen LogP contribution in [-0.2, 0) is 23.9 Å². The summed E-state index contributed by atoms with van der Waals surface area (Å²) in [6.07, 6.45) is 10.5. The largest absolute Gasteiger partial charge is 0.481 e. The van der Waals surface area contributed by atoms with Crippen LogP contribution in [0, 0.1) is 62.1 Å². The van der Waals surface area contributed by atoms with Gasteiger partial charge in [0.15, 0.2) is 0 Å². The minimum atomic E-state index is -0.887. The maximum Gasteiger partial charge on any atom is 0.306 e. The molecule has 7 nitrogen and oxygen atoms in total. The first kappa shape index (κ1) is 36.4. The molecule has 1 amide bonds. The summed E-state index contributed by atoms with van der Waals surface area (Å²) < 4.78 is 11.5. The summed E-state index contributed by atoms with van der Waals surface area (Å²) in [5.41, 5.74) is 0.586. The molecule has 5 saturated carbocycles. The second-order valence-corrected chi connectivity index (χ2v) is 18.8. The highest BCUT2D eigenvalue weighted by Crippen LogP contribution is 2.77. The molecule has 0 aromatic carbocycles. The summed E-state index contributed by atoms with van der Waals surface area (Å²) in [6.45, 7) is 23.8. The third-order valence-electron chi connectivity index (χ3n) is 15.6. The van der Waals surface area contributed by atoms with Crippen LogP contribution in [-0.4, -0.2) is 49.3 Å². The number of fused-ring (bicyclic) bond motifs is 7. The molecule has 5 rings (SSSR count). The van der Waals surface area contributed by atoms with Crippen molar-refractivity contribution >= 4 is 17.8 Å². The van der Waals surface area contributed by atoms with E-state index in [9.17, 15) is 19.5 Å². The predicted molar refractivity (Wildman–Crippen MR) is 184 cm³/mol. The van der Waals surface area contributed by atoms with Gasteiger partial charge >= 0.3 is 11.9 Å². The highest BCUT2D eigenvalue weighted by molar-refractivity contribution is 5.84. The fourth-order valence-corrected chi connectivity index (χ4v) is 13.2. The van der Waals surface area contributed by atoms with Crippen molar-refractivity contribution in [3.05, 3.63) is 12.2 Å². The van der Waals surface area contributed by atoms with Gasteiger partial charge in [-0.2, -0.15) is 0 Å². The number of carboxylic acid groups (broad SMARTS) is 1. The molecule has 0 aromatic rings. The minimum Gasteiger partial charge on any atom is -0.481 e. The Labute approximate surface area is 284 Å². The Morgan fingerprint density at radius 2 is 1.57 bits per heavy atom. The van der Waals surface area contributed by atoms with Crippen molar-refractivity contribution in [3.63, 3.8) is 0 Å². The topological polar surface area (TPSA) is 102 Å². The van der Waals surface area contributed by atoms with E-state index in [1.165, 1.54) is 12.0 Å². The minimum absolute atomic E-state index is 0.0511. The summed E-state index contributed by atoms with van der Waals surface area (Å²) >= 11 is 0. The van der Waals surface area contributed by atoms with E-state index in [0.717, 1.165) is 57.8 Å². The van der Waals surface area contributed by atoms with Gasteiger partial charge in [0.25, 0.3) is 0 Å². The third kappa shape index (κ3) is 5.80. The van der Waals surface area contributed by atoms with Gasteiger partial charge in [-0.05, 0) is 122 Å². The molecule has 0 bridgehead atoms. The van der Waals surface area contributed by atoms with Gasteiger partial charge in [0.2, 0.25) is 5.91 Å². The molecule has 47 heavy (non-hydrogen) atoms. The van der Waals surface area contributed by atoms with Crippen LogP contribution in [0.1, 0.15) is 132 Å². The van der Waals surface area contributed by atoms with E-state index in [-0.39, 0.29) is 57.9 Å². The molecule has 0 radical (unpaired) electrons. The van der Waals surface area contributed by atoms with Crippen LogP contribution in [0.15, 0.2) is 12.2 Å². The van der Waals surface area contributed by atoms with Gasteiger partial charge in [-0.3, -0.25) is 14.4 Å². The fourth-order valence-electron chi connectivity index (χ4n) is 13.2. The van der Waals surface area contributed by atoms with E-state index in [1.807, 2.05) is 13.8 Å². The van der Waals surface area contributed by atoms with Crippen LogP contribution < -0.4 is 5.32 Å². The first-order valence-electron chi connectivity index (χ1n) is 18.6. The lowest BCUT2D eigenvalue weighted by Crippen LogP contribution is -2.67. The molecule has 2 N–H and O–H groups in total. The third-order valence-corrected chi connectivity index (χ3v) is 15.6. The lowest BCUT2D eigenvalue weighted by molar-refractivity contribution is -0.249. The lowest BCUT2D eigenvalue weighted by Gasteiger charge is -2.72. The van der Waals surface area contributed by atoms with E-state index in [4.69, 9.17) is 9.47 Å². The molecular weight excluding hydrogens is 590 g/mol. The Hall–Kier alpha value is -1.89. The molecule has 0 unspecified atom stereocenters. The first-order chi connectivity index (χ1) is 21.8. The number of carbonyl (C=O) groups is 3. The molecule has 0 aromatic heterocycles. The van der Waals surface area contributed by atoms with Gasteiger partial charge in [-0.1, -0.05) is 60.6 Å². The van der Waals surface area contributed by atoms with Crippen LogP contribution in [0.3, 0.4) is 0 Å². The quantitative estimate of drug-likeness (QED) is 0.140. The van der Waals surface area contributed by atoms with Gasteiger partial charge in [0.1, 0.15) is 6.10 Å². The van der Waals surface area contributed by atoms with Gasteiger partial charge in [-0.25, -0.2) is 0 Å². The van der Waals surface area contributed by atoms with Crippen LogP contribution >= 0.6 is 0 Å². The zero-order valence-corrected chi connectivity index (χ0v) is 31.1. The molecule has 0 spiro atoms. The molecule has 5 aliphatic carbocycles. The number of esters is 1. The van der Waals surface area contributed by atoms with Gasteiger partial charge in [0.05, 0.1) is 24.9 Å². The summed E-state index contributed by atoms with van der Waals surface area (Å²) in [4.78, 5) is 38.6. The van der Waals surface area contributed by atoms with Gasteiger partial charge < -0.3 is 19.9 Å². The van der Waals surface area contributed by atoms with Crippen LogP contribution in [0.4, 0.5) is 0 Å². The molecule has 7 heteroatoms. The van der Waals surface area contributed by atoms with Crippen LogP contribution in [0.25, 0.3) is 0 Å². The van der Waals surface area contributed by atoms with Crippen molar-refractivity contribution < 1.29 is 29.0 Å². The molecule has 10 atom stereocenters. The summed E-state index contributed by atoms with van der Waals surface area (Å²) in [5, 5.41) is 12.6. The number of carboxylic acids is 1. The van der Waals surface area contributed by atoms with Gasteiger partial charge in [0, 0.05) is 19.1 Å². The number of rotatable bonds is 10. The normalized spacial score (nSPS) is 42.2. The fraction of sp³-hybridized carbons (Fsp3) is 0.875. The van der Waals surface area contributed by atoms with Gasteiger partial charge in [-0.15, -0.1) is 0 Å². The molecule has 266 valence electrons. The van der Waals surface area contributed by atoms with E-state index in [1.54, 1.807) is 7.11 Å².